The van der Waals surface area contributed by atoms with Crippen LogP contribution in [0.2, 0.25) is 0 Å². The molecule has 0 saturated carbocycles. The van der Waals surface area contributed by atoms with E-state index in [4.69, 9.17) is 15.0 Å². The molecule has 0 aliphatic rings. The molecule has 476 valence electrons. The molecule has 0 bridgehead atoms. The predicted octanol–water partition coefficient (Wildman–Crippen LogP) is 25.2. The standard InChI is InChI=1S/C95H72N3.Ir/c1-94(2,3)77-51-53-97-93(62-77)73-45-49-87(90(61-73)70-35-25-33-68(55-70)65-28-12-8-13-29-65)84-41-21-18-38-81(84)76-57-74(79-36-16-19-39-82(79)85-47-43-71(91-42-22-23-52-96-91)59-88(85)66-30-14-9-15-31-66)56-75(58-76)80-37-17-20-40-83(80)86-48-44-72(92-50-46-78(63-98-92)95(4,5)6)60-89(86)69-34-24-32-67(54-69)64-26-10-7-11-27-64;/h7-42,46-63H,1-6H3;/q-3;+3. The Balaban J connectivity index is 0.00000836. The topological polar surface area (TPSA) is 38.7 Å². The van der Waals surface area contributed by atoms with Gasteiger partial charge in [0.1, 0.15) is 0 Å². The molecule has 12 aromatic carbocycles. The van der Waals surface area contributed by atoms with E-state index in [9.17, 15) is 0 Å². The Hall–Kier alpha value is -11.3. The van der Waals surface area contributed by atoms with Crippen molar-refractivity contribution < 1.29 is 20.1 Å². The molecular formula is C95H72IrN3. The van der Waals surface area contributed by atoms with Crippen LogP contribution in [0.5, 0.6) is 0 Å². The normalized spacial score (nSPS) is 11.5. The van der Waals surface area contributed by atoms with Gasteiger partial charge in [0.05, 0.1) is 0 Å². The van der Waals surface area contributed by atoms with Crippen molar-refractivity contribution in [3.8, 4) is 156 Å². The zero-order valence-corrected chi connectivity index (χ0v) is 58.7. The molecule has 0 amide bonds. The van der Waals surface area contributed by atoms with Gasteiger partial charge in [0.15, 0.2) is 0 Å². The van der Waals surface area contributed by atoms with E-state index in [1.54, 1.807) is 0 Å². The smallest absolute Gasteiger partial charge is 0.305 e. The first kappa shape index (κ1) is 65.0. The Morgan fingerprint density at radius 2 is 0.576 bits per heavy atom. The number of pyridine rings is 3. The summed E-state index contributed by atoms with van der Waals surface area (Å²) in [6, 6.07) is 123. The van der Waals surface area contributed by atoms with Crippen molar-refractivity contribution in [1.82, 2.24) is 15.0 Å². The van der Waals surface area contributed by atoms with Gasteiger partial charge in [-0.15, -0.1) is 71.3 Å². The quantitative estimate of drug-likeness (QED) is 0.102. The maximum Gasteiger partial charge on any atom is 3.00 e. The van der Waals surface area contributed by atoms with Crippen molar-refractivity contribution >= 4 is 0 Å². The summed E-state index contributed by atoms with van der Waals surface area (Å²) in [7, 11) is 0. The van der Waals surface area contributed by atoms with E-state index in [0.29, 0.717) is 0 Å². The van der Waals surface area contributed by atoms with Crippen LogP contribution in [-0.2, 0) is 30.9 Å². The molecule has 0 unspecified atom stereocenters. The average Bonchev–Trinajstić information content (AvgIpc) is 0.768. The van der Waals surface area contributed by atoms with Gasteiger partial charge in [-0.2, -0.15) is 0 Å². The first-order chi connectivity index (χ1) is 47.8. The third-order valence-electron chi connectivity index (χ3n) is 18.8. The van der Waals surface area contributed by atoms with E-state index in [-0.39, 0.29) is 30.9 Å². The largest absolute Gasteiger partial charge is 3.00 e. The minimum absolute atomic E-state index is 0. The summed E-state index contributed by atoms with van der Waals surface area (Å²) >= 11 is 0. The zero-order chi connectivity index (χ0) is 66.7. The van der Waals surface area contributed by atoms with Crippen LogP contribution in [0.25, 0.3) is 156 Å². The summed E-state index contributed by atoms with van der Waals surface area (Å²) < 4.78 is 0. The van der Waals surface area contributed by atoms with E-state index < -0.39 is 0 Å². The van der Waals surface area contributed by atoms with Gasteiger partial charge in [-0.05, 0) is 154 Å². The second kappa shape index (κ2) is 28.1. The van der Waals surface area contributed by atoms with Crippen molar-refractivity contribution in [2.24, 2.45) is 0 Å². The van der Waals surface area contributed by atoms with Crippen molar-refractivity contribution in [3.05, 3.63) is 357 Å². The fourth-order valence-electron chi connectivity index (χ4n) is 13.5. The number of aromatic nitrogens is 3. The van der Waals surface area contributed by atoms with E-state index in [0.717, 1.165) is 156 Å². The van der Waals surface area contributed by atoms with Gasteiger partial charge in [-0.1, -0.05) is 322 Å². The molecule has 0 fully saturated rings. The molecule has 0 radical (unpaired) electrons. The molecule has 3 nitrogen and oxygen atoms in total. The van der Waals surface area contributed by atoms with E-state index in [2.05, 4.69) is 357 Å². The third-order valence-corrected chi connectivity index (χ3v) is 18.8. The third kappa shape index (κ3) is 13.8. The van der Waals surface area contributed by atoms with E-state index >= 15 is 0 Å². The summed E-state index contributed by atoms with van der Waals surface area (Å²) in [4.78, 5) is 14.9. The molecule has 15 rings (SSSR count). The monoisotopic (exact) mass is 1450 g/mol. The molecule has 0 saturated heterocycles. The predicted molar refractivity (Wildman–Crippen MR) is 410 cm³/mol. The maximum absolute atomic E-state index is 5.09. The van der Waals surface area contributed by atoms with Gasteiger partial charge >= 0.3 is 20.1 Å². The first-order valence-corrected chi connectivity index (χ1v) is 33.7. The zero-order valence-electron chi connectivity index (χ0n) is 56.4. The molecular weight excluding hydrogens is 1380 g/mol. The Labute approximate surface area is 596 Å². The second-order valence-electron chi connectivity index (χ2n) is 27.3. The Morgan fingerprint density at radius 1 is 0.222 bits per heavy atom. The Bertz CT molecular complexity index is 5380. The molecule has 0 aliphatic carbocycles. The number of hydrogen-bond donors (Lipinski definition) is 0. The van der Waals surface area contributed by atoms with Crippen LogP contribution in [0, 0.1) is 18.2 Å². The van der Waals surface area contributed by atoms with Crippen molar-refractivity contribution in [1.29, 1.82) is 0 Å². The minimum atomic E-state index is -0.0674. The van der Waals surface area contributed by atoms with Gasteiger partial charge in [-0.3, -0.25) is 0 Å². The van der Waals surface area contributed by atoms with Crippen LogP contribution < -0.4 is 0 Å². The van der Waals surface area contributed by atoms with Crippen LogP contribution in [0.15, 0.2) is 328 Å². The minimum Gasteiger partial charge on any atom is -0.305 e. The average molecular weight is 1450 g/mol. The Morgan fingerprint density at radius 3 is 0.990 bits per heavy atom. The molecule has 15 aromatic rings. The van der Waals surface area contributed by atoms with Gasteiger partial charge in [0, 0.05) is 18.6 Å². The Kier molecular flexibility index (Phi) is 18.4. The summed E-state index contributed by atoms with van der Waals surface area (Å²) in [6.45, 7) is 13.4. The van der Waals surface area contributed by atoms with Crippen molar-refractivity contribution in [3.63, 3.8) is 0 Å². The summed E-state index contributed by atoms with van der Waals surface area (Å²) in [5.41, 5.74) is 31.8. The summed E-state index contributed by atoms with van der Waals surface area (Å²) in [5, 5.41) is 0. The molecule has 4 heteroatoms. The van der Waals surface area contributed by atoms with Gasteiger partial charge < -0.3 is 15.0 Å². The van der Waals surface area contributed by atoms with Crippen molar-refractivity contribution in [2.45, 2.75) is 52.4 Å². The molecule has 3 heterocycles. The van der Waals surface area contributed by atoms with Crippen LogP contribution in [0.1, 0.15) is 52.7 Å². The SMILES string of the molecule is CC(C)(C)c1ccc(-c2[c-]cc(-c3ccccc3-c3cc(-c4ccccc4-c4c[c-]c(-c5ccccn5)cc4-c4ccccc4)cc(-c4ccccc4-c4c[c-]c(-c5cc(C(C)(C)C)ccn5)cc4-c4cccc(-c5ccccc5)c4)c3)c(-c3cccc(-c4ccccc4)c3)c2)nc1.[Ir+3]. The van der Waals surface area contributed by atoms with Crippen LogP contribution in [0.4, 0.5) is 0 Å². The van der Waals surface area contributed by atoms with Gasteiger partial charge in [-0.25, -0.2) is 0 Å². The van der Waals surface area contributed by atoms with Crippen LogP contribution in [-0.4, -0.2) is 15.0 Å². The molecule has 0 atom stereocenters. The van der Waals surface area contributed by atoms with Crippen molar-refractivity contribution in [2.75, 3.05) is 0 Å². The number of rotatable bonds is 14. The molecule has 0 spiro atoms. The summed E-state index contributed by atoms with van der Waals surface area (Å²) in [6.07, 6.45) is 5.80. The second-order valence-corrected chi connectivity index (χ2v) is 27.3. The maximum atomic E-state index is 5.09. The van der Waals surface area contributed by atoms with E-state index in [1.807, 2.05) is 30.7 Å². The van der Waals surface area contributed by atoms with Crippen LogP contribution >= 0.6 is 0 Å². The fourth-order valence-corrected chi connectivity index (χ4v) is 13.5. The summed E-state index contributed by atoms with van der Waals surface area (Å²) in [5.74, 6) is 0. The molecule has 0 aliphatic heterocycles. The fraction of sp³-hybridized carbons (Fsp3) is 0.0842. The molecule has 3 aromatic heterocycles. The first-order valence-electron chi connectivity index (χ1n) is 33.7. The van der Waals surface area contributed by atoms with Gasteiger partial charge in [0.25, 0.3) is 0 Å². The number of hydrogen-bond acceptors (Lipinski definition) is 3. The molecule has 0 N–H and O–H groups in total. The number of benzene rings is 12. The van der Waals surface area contributed by atoms with Gasteiger partial charge in [0.2, 0.25) is 0 Å². The van der Waals surface area contributed by atoms with Crippen LogP contribution in [0.3, 0.4) is 0 Å². The number of nitrogens with zero attached hydrogens (tertiary/aromatic N) is 3. The molecule has 99 heavy (non-hydrogen) atoms. The van der Waals surface area contributed by atoms with E-state index in [1.165, 1.54) is 11.1 Å².